The van der Waals surface area contributed by atoms with E-state index < -0.39 is 11.6 Å². The number of Topliss-reactive ketones (excluding diaryl/α,β-unsaturated/α-hetero) is 1. The zero-order valence-corrected chi connectivity index (χ0v) is 9.78. The Morgan fingerprint density at radius 3 is 2.78 bits per heavy atom. The van der Waals surface area contributed by atoms with E-state index in [1.807, 2.05) is 0 Å². The lowest BCUT2D eigenvalue weighted by atomic mass is 10.0. The van der Waals surface area contributed by atoms with Crippen molar-refractivity contribution in [2.75, 3.05) is 0 Å². The van der Waals surface area contributed by atoms with Gasteiger partial charge < -0.3 is 0 Å². The van der Waals surface area contributed by atoms with Crippen molar-refractivity contribution in [2.45, 2.75) is 13.3 Å². The summed E-state index contributed by atoms with van der Waals surface area (Å²) in [6, 6.07) is 5.52. The fourth-order valence-corrected chi connectivity index (χ4v) is 1.71. The summed E-state index contributed by atoms with van der Waals surface area (Å²) >= 11 is 0. The van der Waals surface area contributed by atoms with Gasteiger partial charge in [-0.25, -0.2) is 8.78 Å². The van der Waals surface area contributed by atoms with Crippen LogP contribution < -0.4 is 0 Å². The molecule has 1 aromatic carbocycles. The number of hydrogen-bond donors (Lipinski definition) is 0. The Bertz CT molecular complexity index is 596. The van der Waals surface area contributed by atoms with Crippen LogP contribution in [0.3, 0.4) is 0 Å². The molecule has 0 spiro atoms. The van der Waals surface area contributed by atoms with E-state index in [2.05, 4.69) is 4.98 Å². The minimum Gasteiger partial charge on any atom is -0.294 e. The molecule has 0 unspecified atom stereocenters. The normalized spacial score (nSPS) is 10.4. The molecule has 4 heteroatoms. The van der Waals surface area contributed by atoms with E-state index in [9.17, 15) is 13.6 Å². The van der Waals surface area contributed by atoms with Gasteiger partial charge in [-0.05, 0) is 30.2 Å². The fraction of sp³-hybridized carbons (Fsp3) is 0.143. The third-order valence-electron chi connectivity index (χ3n) is 2.72. The molecule has 2 aromatic rings. The highest BCUT2D eigenvalue weighted by Gasteiger charge is 2.14. The Hall–Kier alpha value is -2.10. The van der Waals surface area contributed by atoms with Gasteiger partial charge >= 0.3 is 0 Å². The molecule has 2 nitrogen and oxygen atoms in total. The lowest BCUT2D eigenvalue weighted by Crippen LogP contribution is -2.08. The van der Waals surface area contributed by atoms with Crippen LogP contribution in [-0.2, 0) is 6.42 Å². The van der Waals surface area contributed by atoms with Gasteiger partial charge in [-0.1, -0.05) is 12.1 Å². The van der Waals surface area contributed by atoms with E-state index in [1.54, 1.807) is 19.2 Å². The van der Waals surface area contributed by atoms with Crippen LogP contribution in [0.4, 0.5) is 8.78 Å². The van der Waals surface area contributed by atoms with Crippen LogP contribution in [0.25, 0.3) is 0 Å². The first kappa shape index (κ1) is 12.4. The number of nitrogens with zero attached hydrogens (tertiary/aromatic N) is 1. The highest BCUT2D eigenvalue weighted by atomic mass is 19.2. The lowest BCUT2D eigenvalue weighted by Gasteiger charge is -2.05. The van der Waals surface area contributed by atoms with Crippen molar-refractivity contribution in [1.82, 2.24) is 4.98 Å². The number of pyridine rings is 1. The zero-order chi connectivity index (χ0) is 13.1. The molecular formula is C14H11F2NO. The molecule has 0 N–H and O–H groups in total. The van der Waals surface area contributed by atoms with Crippen molar-refractivity contribution in [3.63, 3.8) is 0 Å². The van der Waals surface area contributed by atoms with Crippen molar-refractivity contribution in [3.05, 3.63) is 65.0 Å². The first-order valence-electron chi connectivity index (χ1n) is 5.46. The molecule has 1 aromatic heterocycles. The number of carbonyl (C=O) groups excluding carboxylic acids is 1. The van der Waals surface area contributed by atoms with Crippen LogP contribution in [-0.4, -0.2) is 10.8 Å². The maximum Gasteiger partial charge on any atom is 0.169 e. The van der Waals surface area contributed by atoms with Crippen molar-refractivity contribution in [2.24, 2.45) is 0 Å². The highest BCUT2D eigenvalue weighted by molar-refractivity contribution is 5.98. The average Bonchev–Trinajstić information content (AvgIpc) is 2.35. The van der Waals surface area contributed by atoms with Crippen LogP contribution in [0.5, 0.6) is 0 Å². The molecule has 18 heavy (non-hydrogen) atoms. The minimum atomic E-state index is -0.965. The predicted molar refractivity (Wildman–Crippen MR) is 63.4 cm³/mol. The third-order valence-corrected chi connectivity index (χ3v) is 2.72. The van der Waals surface area contributed by atoms with E-state index >= 15 is 0 Å². The molecule has 92 valence electrons. The van der Waals surface area contributed by atoms with Crippen molar-refractivity contribution in [3.8, 4) is 0 Å². The summed E-state index contributed by atoms with van der Waals surface area (Å²) in [6.45, 7) is 1.77. The molecular weight excluding hydrogens is 236 g/mol. The second-order valence-electron chi connectivity index (χ2n) is 4.00. The molecule has 0 radical (unpaired) electrons. The maximum absolute atomic E-state index is 13.4. The lowest BCUT2D eigenvalue weighted by molar-refractivity contribution is 0.0990. The van der Waals surface area contributed by atoms with E-state index in [1.165, 1.54) is 18.3 Å². The minimum absolute atomic E-state index is 0.0586. The molecule has 0 aliphatic heterocycles. The van der Waals surface area contributed by atoms with Gasteiger partial charge in [-0.3, -0.25) is 9.78 Å². The molecule has 0 atom stereocenters. The van der Waals surface area contributed by atoms with Gasteiger partial charge in [0.25, 0.3) is 0 Å². The van der Waals surface area contributed by atoms with Gasteiger partial charge in [0.15, 0.2) is 17.4 Å². The monoisotopic (exact) mass is 247 g/mol. The molecule has 2 rings (SSSR count). The van der Waals surface area contributed by atoms with Crippen molar-refractivity contribution in [1.29, 1.82) is 0 Å². The van der Waals surface area contributed by atoms with Gasteiger partial charge in [0.05, 0.1) is 0 Å². The summed E-state index contributed by atoms with van der Waals surface area (Å²) in [5.41, 5.74) is 1.26. The van der Waals surface area contributed by atoms with Gasteiger partial charge in [0.2, 0.25) is 0 Å². The molecule has 0 saturated carbocycles. The fourth-order valence-electron chi connectivity index (χ4n) is 1.71. The van der Waals surface area contributed by atoms with Crippen LogP contribution in [0.1, 0.15) is 21.5 Å². The van der Waals surface area contributed by atoms with Crippen LogP contribution in [0.15, 0.2) is 36.7 Å². The topological polar surface area (TPSA) is 30.0 Å². The third kappa shape index (κ3) is 2.42. The van der Waals surface area contributed by atoms with Gasteiger partial charge in [-0.15, -0.1) is 0 Å². The summed E-state index contributed by atoms with van der Waals surface area (Å²) in [4.78, 5) is 15.8. The summed E-state index contributed by atoms with van der Waals surface area (Å²) in [5.74, 6) is -2.18. The Labute approximate surface area is 103 Å². The number of carbonyl (C=O) groups is 1. The zero-order valence-electron chi connectivity index (χ0n) is 9.78. The molecule has 0 aliphatic rings. The first-order valence-corrected chi connectivity index (χ1v) is 5.46. The van der Waals surface area contributed by atoms with Crippen LogP contribution >= 0.6 is 0 Å². The SMILES string of the molecule is Cc1ccncc1C(=O)Cc1cccc(F)c1F. The summed E-state index contributed by atoms with van der Waals surface area (Å²) in [7, 11) is 0. The number of rotatable bonds is 3. The van der Waals surface area contributed by atoms with Gasteiger partial charge in [0.1, 0.15) is 0 Å². The maximum atomic E-state index is 13.4. The van der Waals surface area contributed by atoms with Crippen LogP contribution in [0, 0.1) is 18.6 Å². The van der Waals surface area contributed by atoms with Gasteiger partial charge in [-0.2, -0.15) is 0 Å². The molecule has 0 fully saturated rings. The number of aromatic nitrogens is 1. The van der Waals surface area contributed by atoms with E-state index in [4.69, 9.17) is 0 Å². The number of halogens is 2. The van der Waals surface area contributed by atoms with Crippen LogP contribution in [0.2, 0.25) is 0 Å². The number of benzene rings is 1. The summed E-state index contributed by atoms with van der Waals surface area (Å²) in [5, 5.41) is 0. The van der Waals surface area contributed by atoms with E-state index in [0.29, 0.717) is 5.56 Å². The standard InChI is InChI=1S/C14H11F2NO/c1-9-5-6-17-8-11(9)13(18)7-10-3-2-4-12(15)14(10)16/h2-6,8H,7H2,1H3. The van der Waals surface area contributed by atoms with Crippen molar-refractivity contribution < 1.29 is 13.6 Å². The Balaban J connectivity index is 2.27. The van der Waals surface area contributed by atoms with E-state index in [-0.39, 0.29) is 17.8 Å². The Morgan fingerprint density at radius 1 is 1.28 bits per heavy atom. The molecule has 0 amide bonds. The summed E-state index contributed by atoms with van der Waals surface area (Å²) in [6.07, 6.45) is 2.85. The average molecular weight is 247 g/mol. The second-order valence-corrected chi connectivity index (χ2v) is 4.00. The quantitative estimate of drug-likeness (QED) is 0.780. The van der Waals surface area contributed by atoms with Gasteiger partial charge in [0, 0.05) is 24.4 Å². The Kier molecular flexibility index (Phi) is 3.46. The molecule has 0 saturated heterocycles. The molecule has 1 heterocycles. The predicted octanol–water partition coefficient (Wildman–Crippen LogP) is 3.09. The number of hydrogen-bond acceptors (Lipinski definition) is 2. The summed E-state index contributed by atoms with van der Waals surface area (Å²) < 4.78 is 26.4. The largest absolute Gasteiger partial charge is 0.294 e. The van der Waals surface area contributed by atoms with Crippen molar-refractivity contribution >= 4 is 5.78 Å². The Morgan fingerprint density at radius 2 is 2.06 bits per heavy atom. The van der Waals surface area contributed by atoms with E-state index in [0.717, 1.165) is 11.6 Å². The molecule has 0 aliphatic carbocycles. The first-order chi connectivity index (χ1) is 8.59. The number of ketones is 1. The smallest absolute Gasteiger partial charge is 0.169 e. The second kappa shape index (κ2) is 5.04. The molecule has 0 bridgehead atoms. The highest BCUT2D eigenvalue weighted by Crippen LogP contribution is 2.15. The number of aryl methyl sites for hydroxylation is 1.